The molecule has 0 atom stereocenters. The monoisotopic (exact) mass is 314 g/mol. The molecule has 0 amide bonds. The third-order valence-corrected chi connectivity index (χ3v) is 3.91. The first-order chi connectivity index (χ1) is 10.8. The van der Waals surface area contributed by atoms with Crippen molar-refractivity contribution in [1.29, 1.82) is 0 Å². The maximum Gasteiger partial charge on any atom is 0.330 e. The van der Waals surface area contributed by atoms with Crippen LogP contribution >= 0.6 is 11.8 Å². The largest absolute Gasteiger partial charge is 0.463 e. The fourth-order valence-corrected chi connectivity index (χ4v) is 2.81. The van der Waals surface area contributed by atoms with Gasteiger partial charge >= 0.3 is 5.97 Å². The van der Waals surface area contributed by atoms with E-state index in [2.05, 4.69) is 9.97 Å². The minimum atomic E-state index is -0.334. The van der Waals surface area contributed by atoms with Gasteiger partial charge in [0, 0.05) is 17.2 Å². The summed E-state index contributed by atoms with van der Waals surface area (Å²) in [6.07, 6.45) is 4.70. The van der Waals surface area contributed by atoms with Crippen molar-refractivity contribution in [3.8, 4) is 0 Å². The molecule has 0 unspecified atom stereocenters. The number of carbonyl (C=O) groups is 1. The summed E-state index contributed by atoms with van der Waals surface area (Å²) in [5.74, 6) is 0.266. The zero-order chi connectivity index (χ0) is 15.4. The number of ether oxygens (including phenoxy) is 1. The van der Waals surface area contributed by atoms with E-state index in [9.17, 15) is 4.79 Å². The SMILES string of the molecule is CCOC(=O)C=CCSc1ncnc2c1oc1ccccc12. The fraction of sp³-hybridized carbons (Fsp3) is 0.188. The summed E-state index contributed by atoms with van der Waals surface area (Å²) >= 11 is 1.49. The molecule has 0 radical (unpaired) electrons. The predicted molar refractivity (Wildman–Crippen MR) is 85.8 cm³/mol. The molecule has 2 heterocycles. The van der Waals surface area contributed by atoms with Crippen LogP contribution in [0.4, 0.5) is 0 Å². The van der Waals surface area contributed by atoms with Crippen LogP contribution in [-0.4, -0.2) is 28.3 Å². The number of benzene rings is 1. The van der Waals surface area contributed by atoms with E-state index in [0.717, 1.165) is 21.5 Å². The molecule has 112 valence electrons. The highest BCUT2D eigenvalue weighted by Gasteiger charge is 2.12. The average molecular weight is 314 g/mol. The summed E-state index contributed by atoms with van der Waals surface area (Å²) in [7, 11) is 0. The Morgan fingerprint density at radius 3 is 3.09 bits per heavy atom. The van der Waals surface area contributed by atoms with Crippen LogP contribution in [0.15, 0.2) is 52.2 Å². The Hall–Kier alpha value is -2.34. The zero-order valence-corrected chi connectivity index (χ0v) is 12.8. The summed E-state index contributed by atoms with van der Waals surface area (Å²) in [5, 5.41) is 1.73. The highest BCUT2D eigenvalue weighted by Crippen LogP contribution is 2.32. The molecule has 0 aliphatic carbocycles. The maximum atomic E-state index is 11.2. The van der Waals surface area contributed by atoms with Crippen molar-refractivity contribution in [3.63, 3.8) is 0 Å². The van der Waals surface area contributed by atoms with Gasteiger partial charge in [-0.2, -0.15) is 0 Å². The summed E-state index contributed by atoms with van der Waals surface area (Å²) in [5.41, 5.74) is 2.28. The molecular formula is C16H14N2O3S. The molecule has 3 aromatic rings. The molecule has 0 saturated carbocycles. The van der Waals surface area contributed by atoms with Gasteiger partial charge in [0.2, 0.25) is 0 Å². The Balaban J connectivity index is 1.81. The zero-order valence-electron chi connectivity index (χ0n) is 12.0. The van der Waals surface area contributed by atoms with E-state index in [1.807, 2.05) is 24.3 Å². The van der Waals surface area contributed by atoms with E-state index in [0.29, 0.717) is 17.9 Å². The van der Waals surface area contributed by atoms with Gasteiger partial charge in [0.05, 0.1) is 6.61 Å². The number of thioether (sulfide) groups is 1. The summed E-state index contributed by atoms with van der Waals surface area (Å²) in [6, 6.07) is 7.76. The summed E-state index contributed by atoms with van der Waals surface area (Å²) in [6.45, 7) is 2.15. The highest BCUT2D eigenvalue weighted by molar-refractivity contribution is 7.99. The van der Waals surface area contributed by atoms with Crippen molar-refractivity contribution < 1.29 is 13.9 Å². The minimum absolute atomic E-state index is 0.334. The normalized spacial score (nSPS) is 11.5. The lowest BCUT2D eigenvalue weighted by Crippen LogP contribution is -1.98. The van der Waals surface area contributed by atoms with Gasteiger partial charge in [-0.3, -0.25) is 0 Å². The quantitative estimate of drug-likeness (QED) is 0.310. The van der Waals surface area contributed by atoms with Crippen molar-refractivity contribution >= 4 is 39.8 Å². The lowest BCUT2D eigenvalue weighted by molar-refractivity contribution is -0.137. The van der Waals surface area contributed by atoms with Gasteiger partial charge in [-0.1, -0.05) is 30.0 Å². The summed E-state index contributed by atoms with van der Waals surface area (Å²) in [4.78, 5) is 19.8. The van der Waals surface area contributed by atoms with E-state index in [4.69, 9.17) is 9.15 Å². The number of esters is 1. The first kappa shape index (κ1) is 14.6. The standard InChI is InChI=1S/C16H14N2O3S/c1-2-20-13(19)8-5-9-22-16-15-14(17-10-18-16)11-6-3-4-7-12(11)21-15/h3-8,10H,2,9H2,1H3. The second kappa shape index (κ2) is 6.62. The minimum Gasteiger partial charge on any atom is -0.463 e. The number of hydrogen-bond acceptors (Lipinski definition) is 6. The van der Waals surface area contributed by atoms with Crippen molar-refractivity contribution in [2.24, 2.45) is 0 Å². The Kier molecular flexibility index (Phi) is 4.39. The lowest BCUT2D eigenvalue weighted by Gasteiger charge is -1.98. The maximum absolute atomic E-state index is 11.2. The molecule has 6 heteroatoms. The van der Waals surface area contributed by atoms with Crippen molar-refractivity contribution in [3.05, 3.63) is 42.7 Å². The second-order valence-corrected chi connectivity index (χ2v) is 5.43. The van der Waals surface area contributed by atoms with Crippen LogP contribution in [0.2, 0.25) is 0 Å². The van der Waals surface area contributed by atoms with Crippen molar-refractivity contribution in [2.75, 3.05) is 12.4 Å². The smallest absolute Gasteiger partial charge is 0.330 e. The van der Waals surface area contributed by atoms with E-state index >= 15 is 0 Å². The number of furan rings is 1. The molecular weight excluding hydrogens is 300 g/mol. The van der Waals surface area contributed by atoms with Gasteiger partial charge in [0.25, 0.3) is 0 Å². The van der Waals surface area contributed by atoms with Crippen LogP contribution in [-0.2, 0) is 9.53 Å². The molecule has 0 spiro atoms. The number of fused-ring (bicyclic) bond motifs is 3. The van der Waals surface area contributed by atoms with Crippen molar-refractivity contribution in [1.82, 2.24) is 9.97 Å². The molecule has 0 aliphatic rings. The molecule has 1 aromatic carbocycles. The van der Waals surface area contributed by atoms with Gasteiger partial charge < -0.3 is 9.15 Å². The molecule has 0 aliphatic heterocycles. The predicted octanol–water partition coefficient (Wildman–Crippen LogP) is 3.59. The second-order valence-electron chi connectivity index (χ2n) is 4.42. The highest BCUT2D eigenvalue weighted by atomic mass is 32.2. The van der Waals surface area contributed by atoms with Gasteiger partial charge in [0.1, 0.15) is 22.5 Å². The first-order valence-electron chi connectivity index (χ1n) is 6.88. The molecule has 5 nitrogen and oxygen atoms in total. The average Bonchev–Trinajstić information content (AvgIpc) is 2.91. The van der Waals surface area contributed by atoms with Gasteiger partial charge in [-0.05, 0) is 19.1 Å². The molecule has 0 saturated heterocycles. The van der Waals surface area contributed by atoms with Gasteiger partial charge in [-0.15, -0.1) is 0 Å². The van der Waals surface area contributed by atoms with Crippen LogP contribution in [0.3, 0.4) is 0 Å². The van der Waals surface area contributed by atoms with E-state index in [1.165, 1.54) is 24.2 Å². The van der Waals surface area contributed by atoms with E-state index in [1.54, 1.807) is 13.0 Å². The van der Waals surface area contributed by atoms with Crippen LogP contribution in [0.25, 0.3) is 22.1 Å². The lowest BCUT2D eigenvalue weighted by atomic mass is 10.2. The Morgan fingerprint density at radius 1 is 1.36 bits per heavy atom. The number of carbonyl (C=O) groups excluding carboxylic acids is 1. The topological polar surface area (TPSA) is 65.2 Å². The van der Waals surface area contributed by atoms with Crippen molar-refractivity contribution in [2.45, 2.75) is 11.9 Å². The molecule has 22 heavy (non-hydrogen) atoms. The van der Waals surface area contributed by atoms with E-state index < -0.39 is 0 Å². The molecule has 2 aromatic heterocycles. The Bertz CT molecular complexity index is 842. The summed E-state index contributed by atoms with van der Waals surface area (Å²) < 4.78 is 10.7. The Morgan fingerprint density at radius 2 is 2.23 bits per heavy atom. The number of aromatic nitrogens is 2. The van der Waals surface area contributed by atoms with E-state index in [-0.39, 0.29) is 5.97 Å². The third kappa shape index (κ3) is 2.96. The van der Waals surface area contributed by atoms with Crippen LogP contribution < -0.4 is 0 Å². The number of nitrogens with zero attached hydrogens (tertiary/aromatic N) is 2. The molecule has 3 rings (SSSR count). The van der Waals surface area contributed by atoms with Crippen LogP contribution in [0.1, 0.15) is 6.92 Å². The third-order valence-electron chi connectivity index (χ3n) is 2.98. The number of rotatable bonds is 5. The number of para-hydroxylation sites is 1. The molecule has 0 fully saturated rings. The Labute approximate surface area is 131 Å². The molecule has 0 bridgehead atoms. The number of hydrogen-bond donors (Lipinski definition) is 0. The van der Waals surface area contributed by atoms with Gasteiger partial charge in [-0.25, -0.2) is 14.8 Å². The molecule has 0 N–H and O–H groups in total. The van der Waals surface area contributed by atoms with Gasteiger partial charge in [0.15, 0.2) is 5.58 Å². The fourth-order valence-electron chi connectivity index (χ4n) is 2.07. The van der Waals surface area contributed by atoms with Crippen LogP contribution in [0, 0.1) is 0 Å². The van der Waals surface area contributed by atoms with Crippen LogP contribution in [0.5, 0.6) is 0 Å². The first-order valence-corrected chi connectivity index (χ1v) is 7.86.